The molecule has 5 rings (SSSR count). The second-order valence-corrected chi connectivity index (χ2v) is 9.90. The Morgan fingerprint density at radius 1 is 0.921 bits per heavy atom. The molecule has 0 spiro atoms. The van der Waals surface area contributed by atoms with E-state index in [2.05, 4.69) is 120 Å². The van der Waals surface area contributed by atoms with E-state index >= 15 is 0 Å². The molecule has 5 heteroatoms. The van der Waals surface area contributed by atoms with Crippen LogP contribution in [0.3, 0.4) is 0 Å². The molecule has 0 amide bonds. The lowest BCUT2D eigenvalue weighted by molar-refractivity contribution is 0.198. The first-order valence-electron chi connectivity index (χ1n) is 13.8. The lowest BCUT2D eigenvalue weighted by Gasteiger charge is -2.36. The summed E-state index contributed by atoms with van der Waals surface area (Å²) in [5.41, 5.74) is 8.09. The van der Waals surface area contributed by atoms with Gasteiger partial charge in [-0.05, 0) is 54.8 Å². The van der Waals surface area contributed by atoms with Gasteiger partial charge in [-0.1, -0.05) is 67.2 Å². The van der Waals surface area contributed by atoms with Crippen molar-refractivity contribution >= 4 is 22.3 Å². The van der Waals surface area contributed by atoms with E-state index in [9.17, 15) is 0 Å². The highest BCUT2D eigenvalue weighted by atomic mass is 15.2. The normalized spacial score (nSPS) is 14.8. The maximum atomic E-state index is 4.83. The Balaban J connectivity index is 1.38. The fourth-order valence-corrected chi connectivity index (χ4v) is 5.42. The molecule has 4 aromatic rings. The second-order valence-electron chi connectivity index (χ2n) is 9.90. The van der Waals surface area contributed by atoms with Crippen LogP contribution in [0.15, 0.2) is 91.5 Å². The molecule has 0 saturated carbocycles. The lowest BCUT2D eigenvalue weighted by Crippen LogP contribution is -2.45. The van der Waals surface area contributed by atoms with E-state index in [1.807, 2.05) is 6.07 Å². The maximum absolute atomic E-state index is 4.83. The molecule has 2 heterocycles. The summed E-state index contributed by atoms with van der Waals surface area (Å²) in [6.45, 7) is 15.4. The number of rotatable bonds is 10. The van der Waals surface area contributed by atoms with Crippen molar-refractivity contribution in [2.75, 3.05) is 44.6 Å². The van der Waals surface area contributed by atoms with Gasteiger partial charge in [-0.3, -0.25) is 9.88 Å². The number of pyridine rings is 1. The van der Waals surface area contributed by atoms with Gasteiger partial charge in [-0.25, -0.2) is 0 Å². The summed E-state index contributed by atoms with van der Waals surface area (Å²) in [4.78, 5) is 9.73. The summed E-state index contributed by atoms with van der Waals surface area (Å²) in [5, 5.41) is 8.29. The van der Waals surface area contributed by atoms with Crippen molar-refractivity contribution < 1.29 is 0 Å². The summed E-state index contributed by atoms with van der Waals surface area (Å²) in [6, 6.07) is 30.6. The highest BCUT2D eigenvalue weighted by Gasteiger charge is 2.24. The Hall–Kier alpha value is -3.67. The van der Waals surface area contributed by atoms with Gasteiger partial charge in [0.05, 0.1) is 23.8 Å². The van der Waals surface area contributed by atoms with Crippen LogP contribution in [0.1, 0.15) is 42.3 Å². The van der Waals surface area contributed by atoms with E-state index in [0.29, 0.717) is 6.54 Å². The van der Waals surface area contributed by atoms with Gasteiger partial charge in [0.1, 0.15) is 0 Å². The summed E-state index contributed by atoms with van der Waals surface area (Å²) >= 11 is 0. The predicted octanol–water partition coefficient (Wildman–Crippen LogP) is 6.15. The lowest BCUT2D eigenvalue weighted by atomic mass is 9.94. The molecule has 0 aliphatic carbocycles. The van der Waals surface area contributed by atoms with Crippen LogP contribution in [0.2, 0.25) is 0 Å². The van der Waals surface area contributed by atoms with Crippen LogP contribution in [-0.4, -0.2) is 54.1 Å². The van der Waals surface area contributed by atoms with Crippen molar-refractivity contribution in [2.24, 2.45) is 0 Å². The van der Waals surface area contributed by atoms with Crippen LogP contribution in [0.25, 0.3) is 16.6 Å². The van der Waals surface area contributed by atoms with E-state index in [4.69, 9.17) is 4.98 Å². The van der Waals surface area contributed by atoms with Crippen LogP contribution >= 0.6 is 0 Å². The predicted molar refractivity (Wildman–Crippen MR) is 160 cm³/mol. The summed E-state index contributed by atoms with van der Waals surface area (Å²) in [6.07, 6.45) is 0. The highest BCUT2D eigenvalue weighted by molar-refractivity contribution is 5.78. The summed E-state index contributed by atoms with van der Waals surface area (Å²) < 4.78 is 0. The number of benzene rings is 3. The van der Waals surface area contributed by atoms with E-state index < -0.39 is 0 Å². The van der Waals surface area contributed by atoms with Crippen molar-refractivity contribution in [3.63, 3.8) is 0 Å². The molecule has 3 aromatic carbocycles. The first-order chi connectivity index (χ1) is 18.7. The molecule has 5 nitrogen and oxygen atoms in total. The third-order valence-electron chi connectivity index (χ3n) is 7.55. The molecule has 1 saturated heterocycles. The third kappa shape index (κ3) is 5.90. The molecule has 1 atom stereocenters. The van der Waals surface area contributed by atoms with Gasteiger partial charge in [0, 0.05) is 56.0 Å². The molecular formula is C33H39N5. The van der Waals surface area contributed by atoms with Crippen molar-refractivity contribution in [3.8, 4) is 0 Å². The number of anilines is 1. The number of para-hydroxylation sites is 1. The maximum Gasteiger partial charge on any atom is 0.0706 e. The average Bonchev–Trinajstić information content (AvgIpc) is 2.98. The number of nitrogens with one attached hydrogen (secondary N) is 2. The molecule has 1 aromatic heterocycles. The van der Waals surface area contributed by atoms with Crippen molar-refractivity contribution in [1.29, 1.82) is 0 Å². The molecule has 1 aliphatic heterocycles. The van der Waals surface area contributed by atoms with Gasteiger partial charge in [0.25, 0.3) is 0 Å². The first-order valence-corrected chi connectivity index (χ1v) is 13.8. The fourth-order valence-electron chi connectivity index (χ4n) is 5.42. The van der Waals surface area contributed by atoms with E-state index in [-0.39, 0.29) is 6.04 Å². The molecule has 1 aliphatic rings. The van der Waals surface area contributed by atoms with Crippen LogP contribution < -0.4 is 10.6 Å². The Morgan fingerprint density at radius 3 is 2.45 bits per heavy atom. The second kappa shape index (κ2) is 12.2. The largest absolute Gasteiger partial charge is 0.379 e. The van der Waals surface area contributed by atoms with Gasteiger partial charge in [0.2, 0.25) is 0 Å². The van der Waals surface area contributed by atoms with Gasteiger partial charge < -0.3 is 15.5 Å². The number of hydrogen-bond acceptors (Lipinski definition) is 5. The number of hydrogen-bond donors (Lipinski definition) is 2. The zero-order valence-electron chi connectivity index (χ0n) is 22.7. The Bertz CT molecular complexity index is 1350. The molecule has 0 radical (unpaired) electrons. The molecular weight excluding hydrogens is 466 g/mol. The number of aromatic nitrogens is 1. The molecule has 0 bridgehead atoms. The first kappa shape index (κ1) is 26.0. The Labute approximate surface area is 227 Å². The molecule has 2 N–H and O–H groups in total. The quantitative estimate of drug-likeness (QED) is 0.270. The molecule has 1 fully saturated rings. The smallest absolute Gasteiger partial charge is 0.0706 e. The van der Waals surface area contributed by atoms with E-state index in [1.165, 1.54) is 22.1 Å². The van der Waals surface area contributed by atoms with Crippen LogP contribution in [-0.2, 0) is 6.54 Å². The van der Waals surface area contributed by atoms with Gasteiger partial charge in [-0.2, -0.15) is 0 Å². The number of piperazine rings is 1. The fraction of sp³-hybridized carbons (Fsp3) is 0.303. The summed E-state index contributed by atoms with van der Waals surface area (Å²) in [5.74, 6) is 0. The summed E-state index contributed by atoms with van der Waals surface area (Å²) in [7, 11) is 0. The zero-order chi connectivity index (χ0) is 26.3. The third-order valence-corrected chi connectivity index (χ3v) is 7.55. The zero-order valence-corrected chi connectivity index (χ0v) is 22.7. The minimum absolute atomic E-state index is 0.202. The van der Waals surface area contributed by atoms with Crippen molar-refractivity contribution in [2.45, 2.75) is 26.4 Å². The van der Waals surface area contributed by atoms with Crippen molar-refractivity contribution in [3.05, 3.63) is 114 Å². The van der Waals surface area contributed by atoms with Gasteiger partial charge in [-0.15, -0.1) is 0 Å². The van der Waals surface area contributed by atoms with Gasteiger partial charge in [0.15, 0.2) is 0 Å². The molecule has 196 valence electrons. The minimum Gasteiger partial charge on any atom is -0.379 e. The molecule has 38 heavy (non-hydrogen) atoms. The average molecular weight is 506 g/mol. The Kier molecular flexibility index (Phi) is 8.37. The van der Waals surface area contributed by atoms with E-state index in [0.717, 1.165) is 61.9 Å². The minimum atomic E-state index is 0.202. The van der Waals surface area contributed by atoms with E-state index in [1.54, 1.807) is 0 Å². The monoisotopic (exact) mass is 505 g/mol. The Morgan fingerprint density at radius 2 is 1.68 bits per heavy atom. The van der Waals surface area contributed by atoms with Crippen LogP contribution in [0.5, 0.6) is 0 Å². The standard InChI is InChI=1S/C33H39N5/c1-4-37(5-2)25(3)26-13-15-28(16-14-26)33(38-21-19-34-20-22-38)29-10-8-11-30(23-29)35-24-31-18-17-27-9-6-7-12-32(27)36-31/h6-18,23,33-35H,3-5,19-22,24H2,1-2H3/t33-/m0/s1. The SMILES string of the molecule is C=C(c1ccc([C@@H](c2cccc(NCc3ccc4ccccc4n3)c2)N2CCNCC2)cc1)N(CC)CC. The number of nitrogens with zero attached hydrogens (tertiary/aromatic N) is 3. The number of fused-ring (bicyclic) bond motifs is 1. The molecule has 0 unspecified atom stereocenters. The van der Waals surface area contributed by atoms with Crippen LogP contribution in [0, 0.1) is 0 Å². The van der Waals surface area contributed by atoms with Crippen molar-refractivity contribution in [1.82, 2.24) is 20.1 Å². The van der Waals surface area contributed by atoms with Gasteiger partial charge >= 0.3 is 0 Å². The highest BCUT2D eigenvalue weighted by Crippen LogP contribution is 2.32. The topological polar surface area (TPSA) is 43.4 Å². The van der Waals surface area contributed by atoms with Crippen LogP contribution in [0.4, 0.5) is 5.69 Å².